The van der Waals surface area contributed by atoms with Crippen LogP contribution in [0.2, 0.25) is 0 Å². The van der Waals surface area contributed by atoms with E-state index < -0.39 is 10.0 Å². The van der Waals surface area contributed by atoms with E-state index in [-0.39, 0.29) is 11.8 Å². The molecule has 1 aromatic rings. The van der Waals surface area contributed by atoms with Crippen LogP contribution in [0.25, 0.3) is 0 Å². The summed E-state index contributed by atoms with van der Waals surface area (Å²) in [6.07, 6.45) is 4.72. The van der Waals surface area contributed by atoms with Gasteiger partial charge >= 0.3 is 0 Å². The summed E-state index contributed by atoms with van der Waals surface area (Å²) in [4.78, 5) is 4.14. The van der Waals surface area contributed by atoms with Gasteiger partial charge < -0.3 is 4.74 Å². The predicted octanol–water partition coefficient (Wildman–Crippen LogP) is -0.0611. The van der Waals surface area contributed by atoms with E-state index >= 15 is 0 Å². The van der Waals surface area contributed by atoms with E-state index in [1.54, 1.807) is 4.68 Å². The van der Waals surface area contributed by atoms with Gasteiger partial charge in [0.05, 0.1) is 12.3 Å². The van der Waals surface area contributed by atoms with Crippen LogP contribution in [0.3, 0.4) is 0 Å². The molecule has 1 N–H and O–H groups in total. The molecule has 7 nitrogen and oxygen atoms in total. The Morgan fingerprint density at radius 1 is 1.45 bits per heavy atom. The first-order valence-electron chi connectivity index (χ1n) is 7.07. The lowest BCUT2D eigenvalue weighted by Gasteiger charge is -2.23. The summed E-state index contributed by atoms with van der Waals surface area (Å²) in [5.41, 5.74) is 0. The van der Waals surface area contributed by atoms with Crippen molar-refractivity contribution in [1.29, 1.82) is 0 Å². The molecule has 3 rings (SSSR count). The fraction of sp³-hybridized carbons (Fsp3) is 0.833. The van der Waals surface area contributed by atoms with Crippen molar-refractivity contribution in [2.45, 2.75) is 38.3 Å². The molecule has 0 saturated carbocycles. The van der Waals surface area contributed by atoms with Crippen LogP contribution >= 0.6 is 0 Å². The number of rotatable bonds is 5. The minimum absolute atomic E-state index is 0.0750. The SMILES string of the molecule is O=S(=O)(CCC1CCOC1)NC1CCc2ncnn2C1. The highest BCUT2D eigenvalue weighted by molar-refractivity contribution is 7.89. The zero-order chi connectivity index (χ0) is 14.0. The largest absolute Gasteiger partial charge is 0.381 e. The molecule has 0 bridgehead atoms. The zero-order valence-electron chi connectivity index (χ0n) is 11.4. The monoisotopic (exact) mass is 300 g/mol. The Morgan fingerprint density at radius 2 is 2.35 bits per heavy atom. The van der Waals surface area contributed by atoms with Crippen molar-refractivity contribution in [3.8, 4) is 0 Å². The highest BCUT2D eigenvalue weighted by atomic mass is 32.2. The Hall–Kier alpha value is -0.990. The number of sulfonamides is 1. The smallest absolute Gasteiger partial charge is 0.211 e. The number of ether oxygens (including phenoxy) is 1. The van der Waals surface area contributed by atoms with Gasteiger partial charge in [-0.3, -0.25) is 0 Å². The molecule has 0 aromatic carbocycles. The van der Waals surface area contributed by atoms with Crippen LogP contribution in [0, 0.1) is 5.92 Å². The average Bonchev–Trinajstić information content (AvgIpc) is 3.06. The van der Waals surface area contributed by atoms with Crippen LogP contribution in [-0.2, 0) is 27.7 Å². The topological polar surface area (TPSA) is 86.1 Å². The molecule has 0 radical (unpaired) electrons. The van der Waals surface area contributed by atoms with E-state index in [0.29, 0.717) is 25.5 Å². The molecule has 112 valence electrons. The van der Waals surface area contributed by atoms with Gasteiger partial charge in [-0.2, -0.15) is 5.10 Å². The zero-order valence-corrected chi connectivity index (χ0v) is 12.2. The summed E-state index contributed by atoms with van der Waals surface area (Å²) in [6, 6.07) is -0.0750. The molecule has 1 fully saturated rings. The fourth-order valence-electron chi connectivity index (χ4n) is 2.78. The van der Waals surface area contributed by atoms with E-state index in [9.17, 15) is 8.42 Å². The molecule has 3 heterocycles. The van der Waals surface area contributed by atoms with Gasteiger partial charge in [0, 0.05) is 25.7 Å². The molecule has 2 aliphatic heterocycles. The first-order valence-corrected chi connectivity index (χ1v) is 8.72. The second kappa shape index (κ2) is 5.79. The van der Waals surface area contributed by atoms with Gasteiger partial charge in [-0.05, 0) is 25.2 Å². The summed E-state index contributed by atoms with van der Waals surface area (Å²) in [7, 11) is -3.22. The summed E-state index contributed by atoms with van der Waals surface area (Å²) in [6.45, 7) is 2.03. The Bertz CT molecular complexity index is 551. The molecule has 2 atom stereocenters. The standard InChI is InChI=1S/C12H20N4O3S/c17-20(18,6-4-10-3-5-19-8-10)15-11-1-2-12-13-9-14-16(12)7-11/h9-11,15H,1-8H2. The molecule has 8 heteroatoms. The number of aryl methyl sites for hydroxylation is 1. The lowest BCUT2D eigenvalue weighted by atomic mass is 10.1. The number of hydrogen-bond acceptors (Lipinski definition) is 5. The molecule has 0 spiro atoms. The molecule has 1 saturated heterocycles. The second-order valence-corrected chi connectivity index (χ2v) is 7.42. The van der Waals surface area contributed by atoms with Gasteiger partial charge in [0.15, 0.2) is 0 Å². The Balaban J connectivity index is 1.51. The molecule has 0 amide bonds. The Kier molecular flexibility index (Phi) is 4.04. The average molecular weight is 300 g/mol. The van der Waals surface area contributed by atoms with Crippen LogP contribution in [0.4, 0.5) is 0 Å². The molecule has 0 aliphatic carbocycles. The summed E-state index contributed by atoms with van der Waals surface area (Å²) >= 11 is 0. The Morgan fingerprint density at radius 3 is 3.15 bits per heavy atom. The van der Waals surface area contributed by atoms with Crippen molar-refractivity contribution in [2.24, 2.45) is 5.92 Å². The highest BCUT2D eigenvalue weighted by Crippen LogP contribution is 2.17. The number of aromatic nitrogens is 3. The number of nitrogens with one attached hydrogen (secondary N) is 1. The maximum Gasteiger partial charge on any atom is 0.211 e. The molecule has 20 heavy (non-hydrogen) atoms. The van der Waals surface area contributed by atoms with Crippen LogP contribution < -0.4 is 4.72 Å². The number of nitrogens with zero attached hydrogens (tertiary/aromatic N) is 3. The van der Waals surface area contributed by atoms with Crippen LogP contribution in [0.5, 0.6) is 0 Å². The van der Waals surface area contributed by atoms with Crippen molar-refractivity contribution < 1.29 is 13.2 Å². The summed E-state index contributed by atoms with van der Waals surface area (Å²) in [5, 5.41) is 4.10. The van der Waals surface area contributed by atoms with Gasteiger partial charge in [0.2, 0.25) is 10.0 Å². The van der Waals surface area contributed by atoms with Gasteiger partial charge in [0.1, 0.15) is 12.2 Å². The predicted molar refractivity (Wildman–Crippen MR) is 72.6 cm³/mol. The van der Waals surface area contributed by atoms with Gasteiger partial charge in [-0.25, -0.2) is 22.8 Å². The maximum atomic E-state index is 12.1. The van der Waals surface area contributed by atoms with Crippen LogP contribution in [-0.4, -0.2) is 48.2 Å². The third-order valence-electron chi connectivity index (χ3n) is 3.97. The fourth-order valence-corrected chi connectivity index (χ4v) is 4.24. The van der Waals surface area contributed by atoms with Gasteiger partial charge in [0.25, 0.3) is 0 Å². The van der Waals surface area contributed by atoms with Crippen molar-refractivity contribution in [1.82, 2.24) is 19.5 Å². The van der Waals surface area contributed by atoms with Gasteiger partial charge in [-0.1, -0.05) is 0 Å². The lowest BCUT2D eigenvalue weighted by Crippen LogP contribution is -2.42. The van der Waals surface area contributed by atoms with Crippen molar-refractivity contribution >= 4 is 10.0 Å². The molecule has 2 unspecified atom stereocenters. The number of fused-ring (bicyclic) bond motifs is 1. The van der Waals surface area contributed by atoms with E-state index in [1.165, 1.54) is 6.33 Å². The normalized spacial score (nSPS) is 26.6. The first kappa shape index (κ1) is 14.0. The molecule has 2 aliphatic rings. The van der Waals surface area contributed by atoms with E-state index in [1.807, 2.05) is 0 Å². The Labute approximate surface area is 118 Å². The summed E-state index contributed by atoms with van der Waals surface area (Å²) in [5.74, 6) is 1.50. The van der Waals surface area contributed by atoms with E-state index in [0.717, 1.165) is 31.7 Å². The third-order valence-corrected chi connectivity index (χ3v) is 5.44. The highest BCUT2D eigenvalue weighted by Gasteiger charge is 2.25. The molecular weight excluding hydrogens is 280 g/mol. The number of hydrogen-bond donors (Lipinski definition) is 1. The van der Waals surface area contributed by atoms with Crippen molar-refractivity contribution in [3.63, 3.8) is 0 Å². The summed E-state index contributed by atoms with van der Waals surface area (Å²) < 4.78 is 34.1. The van der Waals surface area contributed by atoms with E-state index in [4.69, 9.17) is 4.74 Å². The third kappa shape index (κ3) is 3.36. The maximum absolute atomic E-state index is 12.1. The van der Waals surface area contributed by atoms with Crippen LogP contribution in [0.15, 0.2) is 6.33 Å². The van der Waals surface area contributed by atoms with Crippen molar-refractivity contribution in [3.05, 3.63) is 12.2 Å². The lowest BCUT2D eigenvalue weighted by molar-refractivity contribution is 0.185. The second-order valence-electron chi connectivity index (χ2n) is 5.55. The molecule has 1 aromatic heterocycles. The quantitative estimate of drug-likeness (QED) is 0.823. The van der Waals surface area contributed by atoms with Crippen LogP contribution in [0.1, 0.15) is 25.1 Å². The van der Waals surface area contributed by atoms with E-state index in [2.05, 4.69) is 14.8 Å². The minimum atomic E-state index is -3.22. The minimum Gasteiger partial charge on any atom is -0.381 e. The van der Waals surface area contributed by atoms with Crippen molar-refractivity contribution in [2.75, 3.05) is 19.0 Å². The van der Waals surface area contributed by atoms with Gasteiger partial charge in [-0.15, -0.1) is 0 Å². The molecular formula is C12H20N4O3S. The first-order chi connectivity index (χ1) is 9.62.